The van der Waals surface area contributed by atoms with Crippen molar-refractivity contribution in [2.45, 2.75) is 51.4 Å². The predicted octanol–water partition coefficient (Wildman–Crippen LogP) is 2.33. The lowest BCUT2D eigenvalue weighted by Crippen LogP contribution is -2.33. The van der Waals surface area contributed by atoms with Gasteiger partial charge in [0.2, 0.25) is 0 Å². The van der Waals surface area contributed by atoms with Gasteiger partial charge in [-0.15, -0.1) is 12.3 Å². The van der Waals surface area contributed by atoms with E-state index in [4.69, 9.17) is 15.9 Å². The van der Waals surface area contributed by atoms with Gasteiger partial charge in [0.15, 0.2) is 6.29 Å². The van der Waals surface area contributed by atoms with Crippen LogP contribution in [0.3, 0.4) is 0 Å². The minimum Gasteiger partial charge on any atom is -0.353 e. The number of rotatable bonds is 3. The van der Waals surface area contributed by atoms with Gasteiger partial charge in [-0.05, 0) is 33.1 Å². The van der Waals surface area contributed by atoms with Gasteiger partial charge in [-0.3, -0.25) is 0 Å². The smallest absolute Gasteiger partial charge is 0.158 e. The van der Waals surface area contributed by atoms with Crippen molar-refractivity contribution in [2.75, 3.05) is 6.61 Å². The molecule has 2 heteroatoms. The largest absolute Gasteiger partial charge is 0.353 e. The molecule has 1 atom stereocenters. The van der Waals surface area contributed by atoms with Crippen LogP contribution in [0.5, 0.6) is 0 Å². The van der Waals surface area contributed by atoms with E-state index < -0.39 is 0 Å². The molecule has 0 radical (unpaired) electrons. The highest BCUT2D eigenvalue weighted by atomic mass is 16.7. The zero-order chi connectivity index (χ0) is 9.73. The number of terminal acetylenes is 1. The van der Waals surface area contributed by atoms with E-state index in [-0.39, 0.29) is 11.9 Å². The van der Waals surface area contributed by atoms with Gasteiger partial charge in [0.1, 0.15) is 0 Å². The third-order valence-corrected chi connectivity index (χ3v) is 2.12. The van der Waals surface area contributed by atoms with Crippen molar-refractivity contribution in [1.29, 1.82) is 0 Å². The molecule has 1 heterocycles. The Bertz CT molecular complexity index is 185. The van der Waals surface area contributed by atoms with E-state index >= 15 is 0 Å². The van der Waals surface area contributed by atoms with Crippen molar-refractivity contribution in [3.05, 3.63) is 0 Å². The summed E-state index contributed by atoms with van der Waals surface area (Å²) >= 11 is 0. The topological polar surface area (TPSA) is 18.5 Å². The molecule has 1 rings (SSSR count). The molecule has 2 nitrogen and oxygen atoms in total. The number of ether oxygens (including phenoxy) is 2. The van der Waals surface area contributed by atoms with E-state index in [1.807, 2.05) is 13.8 Å². The maximum absolute atomic E-state index is 5.75. The fraction of sp³-hybridized carbons (Fsp3) is 0.818. The maximum atomic E-state index is 5.75. The first-order valence-electron chi connectivity index (χ1n) is 4.87. The third-order valence-electron chi connectivity index (χ3n) is 2.12. The highest BCUT2D eigenvalue weighted by Crippen LogP contribution is 2.22. The normalized spacial score (nSPS) is 23.9. The van der Waals surface area contributed by atoms with Gasteiger partial charge < -0.3 is 9.47 Å². The Kier molecular flexibility index (Phi) is 3.77. The summed E-state index contributed by atoms with van der Waals surface area (Å²) in [5, 5.41) is 0. The van der Waals surface area contributed by atoms with Crippen molar-refractivity contribution in [2.24, 2.45) is 0 Å². The van der Waals surface area contributed by atoms with Crippen LogP contribution in [0.15, 0.2) is 0 Å². The van der Waals surface area contributed by atoms with E-state index in [2.05, 4.69) is 5.92 Å². The van der Waals surface area contributed by atoms with Crippen molar-refractivity contribution in [3.63, 3.8) is 0 Å². The molecule has 1 aliphatic heterocycles. The Morgan fingerprint density at radius 3 is 2.85 bits per heavy atom. The lowest BCUT2D eigenvalue weighted by molar-refractivity contribution is -0.213. The van der Waals surface area contributed by atoms with Crippen LogP contribution in [0.4, 0.5) is 0 Å². The Hall–Kier alpha value is -0.520. The molecule has 1 unspecified atom stereocenters. The van der Waals surface area contributed by atoms with Crippen molar-refractivity contribution < 1.29 is 9.47 Å². The summed E-state index contributed by atoms with van der Waals surface area (Å²) in [4.78, 5) is 0. The van der Waals surface area contributed by atoms with Crippen LogP contribution in [0.1, 0.15) is 39.5 Å². The molecule has 74 valence electrons. The summed E-state index contributed by atoms with van der Waals surface area (Å²) in [5.41, 5.74) is -0.253. The monoisotopic (exact) mass is 182 g/mol. The lowest BCUT2D eigenvalue weighted by Gasteiger charge is -2.31. The standard InChI is InChI=1S/C11H18O2/c1-4-8-11(2,3)13-10-7-5-6-9-12-10/h1,10H,5-9H2,2-3H3. The third kappa shape index (κ3) is 3.80. The average Bonchev–Trinajstić information content (AvgIpc) is 2.04. The van der Waals surface area contributed by atoms with Crippen molar-refractivity contribution >= 4 is 0 Å². The molecule has 0 aliphatic carbocycles. The molecule has 0 saturated carbocycles. The first-order valence-corrected chi connectivity index (χ1v) is 4.87. The van der Waals surface area contributed by atoms with Gasteiger partial charge in [0.05, 0.1) is 5.60 Å². The van der Waals surface area contributed by atoms with Gasteiger partial charge in [-0.25, -0.2) is 0 Å². The van der Waals surface area contributed by atoms with Crippen molar-refractivity contribution in [3.8, 4) is 12.3 Å². The Balaban J connectivity index is 2.33. The second kappa shape index (κ2) is 4.64. The highest BCUT2D eigenvalue weighted by Gasteiger charge is 2.24. The summed E-state index contributed by atoms with van der Waals surface area (Å²) < 4.78 is 11.2. The van der Waals surface area contributed by atoms with E-state index in [0.29, 0.717) is 6.42 Å². The van der Waals surface area contributed by atoms with E-state index in [9.17, 15) is 0 Å². The summed E-state index contributed by atoms with van der Waals surface area (Å²) in [6, 6.07) is 0. The quantitative estimate of drug-likeness (QED) is 0.624. The number of hydrogen-bond acceptors (Lipinski definition) is 2. The second-order valence-electron chi connectivity index (χ2n) is 4.05. The fourth-order valence-electron chi connectivity index (χ4n) is 1.45. The molecule has 0 bridgehead atoms. The molecule has 0 spiro atoms. The van der Waals surface area contributed by atoms with Crippen LogP contribution < -0.4 is 0 Å². The molecule has 0 N–H and O–H groups in total. The van der Waals surface area contributed by atoms with Crippen molar-refractivity contribution in [1.82, 2.24) is 0 Å². The first kappa shape index (κ1) is 10.6. The predicted molar refractivity (Wildman–Crippen MR) is 52.2 cm³/mol. The van der Waals surface area contributed by atoms with Gasteiger partial charge in [0, 0.05) is 13.0 Å². The summed E-state index contributed by atoms with van der Waals surface area (Å²) in [6.45, 7) is 4.83. The molecular formula is C11H18O2. The molecule has 0 aromatic carbocycles. The zero-order valence-electron chi connectivity index (χ0n) is 8.51. The minimum atomic E-state index is -0.253. The molecule has 1 fully saturated rings. The lowest BCUT2D eigenvalue weighted by atomic mass is 10.1. The Labute approximate surface area is 80.6 Å². The summed E-state index contributed by atoms with van der Waals surface area (Å²) in [7, 11) is 0. The highest BCUT2D eigenvalue weighted by molar-refractivity contribution is 4.92. The summed E-state index contributed by atoms with van der Waals surface area (Å²) in [6.07, 6.45) is 9.17. The average molecular weight is 182 g/mol. The van der Waals surface area contributed by atoms with E-state index in [1.165, 1.54) is 6.42 Å². The van der Waals surface area contributed by atoms with Crippen LogP contribution in [-0.2, 0) is 9.47 Å². The second-order valence-corrected chi connectivity index (χ2v) is 4.05. The van der Waals surface area contributed by atoms with E-state index in [0.717, 1.165) is 19.4 Å². The molecular weight excluding hydrogens is 164 g/mol. The van der Waals surface area contributed by atoms with Crippen LogP contribution in [0.25, 0.3) is 0 Å². The molecule has 0 aromatic rings. The zero-order valence-corrected chi connectivity index (χ0v) is 8.51. The molecule has 0 aromatic heterocycles. The number of hydrogen-bond donors (Lipinski definition) is 0. The van der Waals surface area contributed by atoms with Gasteiger partial charge in [-0.2, -0.15) is 0 Å². The summed E-state index contributed by atoms with van der Waals surface area (Å²) in [5.74, 6) is 2.62. The fourth-order valence-corrected chi connectivity index (χ4v) is 1.45. The Morgan fingerprint density at radius 2 is 2.31 bits per heavy atom. The molecule has 1 aliphatic rings. The van der Waals surface area contributed by atoms with Gasteiger partial charge >= 0.3 is 0 Å². The van der Waals surface area contributed by atoms with Crippen LogP contribution >= 0.6 is 0 Å². The molecule has 1 saturated heterocycles. The first-order chi connectivity index (χ1) is 6.14. The van der Waals surface area contributed by atoms with E-state index in [1.54, 1.807) is 0 Å². The minimum absolute atomic E-state index is 0.0444. The van der Waals surface area contributed by atoms with Gasteiger partial charge in [-0.1, -0.05) is 0 Å². The van der Waals surface area contributed by atoms with Crippen LogP contribution in [0, 0.1) is 12.3 Å². The van der Waals surface area contributed by atoms with Crippen LogP contribution in [-0.4, -0.2) is 18.5 Å². The Morgan fingerprint density at radius 1 is 1.54 bits per heavy atom. The van der Waals surface area contributed by atoms with Gasteiger partial charge in [0.25, 0.3) is 0 Å². The molecule has 0 amide bonds. The molecule has 13 heavy (non-hydrogen) atoms. The SMILES string of the molecule is C#CCC(C)(C)OC1CCCCO1. The maximum Gasteiger partial charge on any atom is 0.158 e. The van der Waals surface area contributed by atoms with Crippen LogP contribution in [0.2, 0.25) is 0 Å².